The smallest absolute Gasteiger partial charge is 0.262 e. The Hall–Kier alpha value is -2.62. The van der Waals surface area contributed by atoms with Crippen LogP contribution in [0.15, 0.2) is 47.4 Å². The number of carbonyl (C=O) groups excluding carboxylic acids is 1. The number of hydrogen-bond acceptors (Lipinski definition) is 6. The van der Waals surface area contributed by atoms with Gasteiger partial charge in [-0.2, -0.15) is 0 Å². The molecule has 2 aliphatic rings. The molecular formula is C27H37N3O5S. The molecule has 8 nitrogen and oxygen atoms in total. The molecule has 1 fully saturated rings. The lowest BCUT2D eigenvalue weighted by Crippen LogP contribution is -2.50. The third-order valence-electron chi connectivity index (χ3n) is 7.03. The van der Waals surface area contributed by atoms with Crippen molar-refractivity contribution < 1.29 is 23.1 Å². The zero-order chi connectivity index (χ0) is 26.0. The van der Waals surface area contributed by atoms with Crippen molar-refractivity contribution >= 4 is 21.6 Å². The maximum Gasteiger partial charge on any atom is 0.262 e. The van der Waals surface area contributed by atoms with Crippen LogP contribution in [0.2, 0.25) is 0 Å². The first-order chi connectivity index (χ1) is 17.1. The van der Waals surface area contributed by atoms with Gasteiger partial charge in [0.15, 0.2) is 5.75 Å². The first-order valence-electron chi connectivity index (χ1n) is 12.6. The van der Waals surface area contributed by atoms with Gasteiger partial charge in [0.2, 0.25) is 0 Å². The summed E-state index contributed by atoms with van der Waals surface area (Å²) in [4.78, 5) is 17.6. The Bertz CT molecular complexity index is 1180. The van der Waals surface area contributed by atoms with Crippen LogP contribution in [-0.2, 0) is 10.0 Å². The molecule has 2 aromatic carbocycles. The lowest BCUT2D eigenvalue weighted by molar-refractivity contribution is 0.0346. The Kier molecular flexibility index (Phi) is 7.92. The maximum absolute atomic E-state index is 13.6. The summed E-state index contributed by atoms with van der Waals surface area (Å²) in [7, 11) is -1.83. The molecule has 0 radical (unpaired) electrons. The molecule has 0 bridgehead atoms. The molecule has 0 saturated heterocycles. The van der Waals surface area contributed by atoms with Crippen molar-refractivity contribution in [2.45, 2.75) is 50.7 Å². The van der Waals surface area contributed by atoms with E-state index in [9.17, 15) is 18.3 Å². The van der Waals surface area contributed by atoms with E-state index in [-0.39, 0.29) is 52.5 Å². The Morgan fingerprint density at radius 1 is 1.17 bits per heavy atom. The van der Waals surface area contributed by atoms with Crippen LogP contribution in [0.1, 0.15) is 42.6 Å². The summed E-state index contributed by atoms with van der Waals surface area (Å²) in [5.41, 5.74) is 1.46. The summed E-state index contributed by atoms with van der Waals surface area (Å²) in [5, 5.41) is 9.85. The zero-order valence-electron chi connectivity index (χ0n) is 21.5. The van der Waals surface area contributed by atoms with Crippen LogP contribution in [0.4, 0.5) is 5.69 Å². The minimum atomic E-state index is -3.90. The summed E-state index contributed by atoms with van der Waals surface area (Å²) in [5.74, 6) is 0.610. The molecule has 1 heterocycles. The second kappa shape index (κ2) is 10.8. The maximum atomic E-state index is 13.6. The van der Waals surface area contributed by atoms with Crippen LogP contribution in [0.5, 0.6) is 5.75 Å². The predicted octanol–water partition coefficient (Wildman–Crippen LogP) is 3.36. The van der Waals surface area contributed by atoms with Crippen LogP contribution in [0, 0.1) is 18.8 Å². The summed E-state index contributed by atoms with van der Waals surface area (Å²) in [6, 6.07) is 11.1. The normalized spacial score (nSPS) is 21.4. The van der Waals surface area contributed by atoms with Gasteiger partial charge in [0.25, 0.3) is 15.9 Å². The lowest BCUT2D eigenvalue weighted by Gasteiger charge is -2.38. The second-order valence-corrected chi connectivity index (χ2v) is 12.1. The fourth-order valence-electron chi connectivity index (χ4n) is 4.59. The minimum absolute atomic E-state index is 0.0421. The zero-order valence-corrected chi connectivity index (χ0v) is 22.3. The van der Waals surface area contributed by atoms with E-state index in [4.69, 9.17) is 4.74 Å². The molecule has 2 aromatic rings. The number of aryl methyl sites for hydroxylation is 1. The number of nitrogens with one attached hydrogen (secondary N) is 1. The average molecular weight is 516 g/mol. The van der Waals surface area contributed by atoms with Crippen molar-refractivity contribution in [3.8, 4) is 5.75 Å². The largest absolute Gasteiger partial charge is 0.486 e. The summed E-state index contributed by atoms with van der Waals surface area (Å²) >= 11 is 0. The van der Waals surface area contributed by atoms with Crippen molar-refractivity contribution in [3.05, 3.63) is 53.6 Å². The van der Waals surface area contributed by atoms with Gasteiger partial charge in [-0.05, 0) is 63.9 Å². The quantitative estimate of drug-likeness (QED) is 0.531. The fraction of sp³-hybridized carbons (Fsp3) is 0.519. The van der Waals surface area contributed by atoms with Crippen LogP contribution in [-0.4, -0.2) is 74.7 Å². The van der Waals surface area contributed by atoms with E-state index >= 15 is 0 Å². The molecular weight excluding hydrogens is 478 g/mol. The molecule has 0 unspecified atom stereocenters. The highest BCUT2D eigenvalue weighted by Crippen LogP contribution is 2.36. The Labute approximate surface area is 214 Å². The molecule has 1 aliphatic heterocycles. The molecule has 9 heteroatoms. The van der Waals surface area contributed by atoms with E-state index in [1.807, 2.05) is 20.8 Å². The van der Waals surface area contributed by atoms with Gasteiger partial charge in [-0.1, -0.05) is 30.7 Å². The third kappa shape index (κ3) is 6.02. The van der Waals surface area contributed by atoms with Gasteiger partial charge in [-0.15, -0.1) is 0 Å². The number of anilines is 1. The summed E-state index contributed by atoms with van der Waals surface area (Å²) in [6.07, 6.45) is 2.21. The number of amides is 1. The number of aliphatic hydroxyl groups is 1. The molecule has 36 heavy (non-hydrogen) atoms. The number of carbonyl (C=O) groups is 1. The highest BCUT2D eigenvalue weighted by Gasteiger charge is 2.35. The molecule has 1 saturated carbocycles. The Morgan fingerprint density at radius 2 is 1.86 bits per heavy atom. The fourth-order valence-corrected chi connectivity index (χ4v) is 5.65. The summed E-state index contributed by atoms with van der Waals surface area (Å²) < 4.78 is 35.6. The monoisotopic (exact) mass is 515 g/mol. The molecule has 0 spiro atoms. The molecule has 196 valence electrons. The molecule has 3 atom stereocenters. The van der Waals surface area contributed by atoms with E-state index in [1.165, 1.54) is 12.8 Å². The number of aliphatic hydroxyl groups excluding tert-OH is 1. The van der Waals surface area contributed by atoms with E-state index in [2.05, 4.69) is 16.7 Å². The molecule has 2 N–H and O–H groups in total. The van der Waals surface area contributed by atoms with Crippen LogP contribution in [0.25, 0.3) is 0 Å². The van der Waals surface area contributed by atoms with Crippen LogP contribution in [0.3, 0.4) is 0 Å². The average Bonchev–Trinajstić information content (AvgIpc) is 3.65. The minimum Gasteiger partial charge on any atom is -0.486 e. The van der Waals surface area contributed by atoms with Gasteiger partial charge in [0, 0.05) is 25.6 Å². The number of nitrogens with zero attached hydrogens (tertiary/aromatic N) is 2. The van der Waals surface area contributed by atoms with Gasteiger partial charge >= 0.3 is 0 Å². The predicted molar refractivity (Wildman–Crippen MR) is 140 cm³/mol. The van der Waals surface area contributed by atoms with Crippen LogP contribution < -0.4 is 9.46 Å². The first kappa shape index (κ1) is 26.4. The van der Waals surface area contributed by atoms with E-state index in [1.54, 1.807) is 47.4 Å². The standard InChI is InChI=1S/C27H37N3O5S/c1-18-8-12-22(13-9-18)36(33,34)28-24-7-5-6-23-26(24)35-25(16-29(4)15-21-10-11-21)19(2)14-30(27(23)32)20(3)17-31/h5-9,12-13,19-21,25,28,31H,10-11,14-17H2,1-4H3/t19-,20+,25+/m1/s1. The van der Waals surface area contributed by atoms with Crippen molar-refractivity contribution in [1.29, 1.82) is 0 Å². The van der Waals surface area contributed by atoms with Gasteiger partial charge in [0.05, 0.1) is 28.8 Å². The molecule has 0 aromatic heterocycles. The topological polar surface area (TPSA) is 99.2 Å². The van der Waals surface area contributed by atoms with Gasteiger partial charge < -0.3 is 19.6 Å². The molecule has 1 aliphatic carbocycles. The number of sulfonamides is 1. The van der Waals surface area contributed by atoms with Crippen LogP contribution >= 0.6 is 0 Å². The van der Waals surface area contributed by atoms with Gasteiger partial charge in [-0.3, -0.25) is 9.52 Å². The Balaban J connectivity index is 1.72. The van der Waals surface area contributed by atoms with Crippen molar-refractivity contribution in [1.82, 2.24) is 9.80 Å². The third-order valence-corrected chi connectivity index (χ3v) is 8.41. The number of benzene rings is 2. The molecule has 1 amide bonds. The lowest BCUT2D eigenvalue weighted by atomic mass is 9.99. The van der Waals surface area contributed by atoms with E-state index < -0.39 is 10.0 Å². The van der Waals surface area contributed by atoms with Crippen molar-refractivity contribution in [2.24, 2.45) is 11.8 Å². The number of fused-ring (bicyclic) bond motifs is 1. The van der Waals surface area contributed by atoms with Crippen molar-refractivity contribution in [2.75, 3.05) is 38.0 Å². The van der Waals surface area contributed by atoms with E-state index in [0.717, 1.165) is 18.0 Å². The number of rotatable bonds is 9. The number of ether oxygens (including phenoxy) is 1. The highest BCUT2D eigenvalue weighted by atomic mass is 32.2. The summed E-state index contributed by atoms with van der Waals surface area (Å²) in [6.45, 7) is 7.63. The van der Waals surface area contributed by atoms with Gasteiger partial charge in [-0.25, -0.2) is 8.42 Å². The number of likely N-dealkylation sites (N-methyl/N-ethyl adjacent to an activating group) is 1. The van der Waals surface area contributed by atoms with E-state index in [0.29, 0.717) is 13.1 Å². The highest BCUT2D eigenvalue weighted by molar-refractivity contribution is 7.92. The Morgan fingerprint density at radius 3 is 2.50 bits per heavy atom. The SMILES string of the molecule is Cc1ccc(S(=O)(=O)Nc2cccc3c2O[C@@H](CN(C)CC2CC2)[C@H](C)CN([C@@H](C)CO)C3=O)cc1. The van der Waals surface area contributed by atoms with Gasteiger partial charge in [0.1, 0.15) is 6.10 Å². The van der Waals surface area contributed by atoms with Crippen molar-refractivity contribution in [3.63, 3.8) is 0 Å². The first-order valence-corrected chi connectivity index (χ1v) is 14.1. The number of hydrogen-bond donors (Lipinski definition) is 2. The molecule has 4 rings (SSSR count). The second-order valence-electron chi connectivity index (χ2n) is 10.4. The number of para-hydroxylation sites is 1.